The Hall–Kier alpha value is -2.71. The van der Waals surface area contributed by atoms with E-state index in [1.165, 1.54) is 18.2 Å². The quantitative estimate of drug-likeness (QED) is 0.664. The maximum atomic E-state index is 13.1. The predicted molar refractivity (Wildman–Crippen MR) is 130 cm³/mol. The first-order chi connectivity index (χ1) is 15.5. The van der Waals surface area contributed by atoms with E-state index >= 15 is 0 Å². The highest BCUT2D eigenvalue weighted by molar-refractivity contribution is 7.89. The Kier molecular flexibility index (Phi) is 7.59. The van der Waals surface area contributed by atoms with Gasteiger partial charge in [0.1, 0.15) is 0 Å². The van der Waals surface area contributed by atoms with Crippen molar-refractivity contribution in [3.63, 3.8) is 0 Å². The molecule has 1 aliphatic rings. The lowest BCUT2D eigenvalue weighted by Crippen LogP contribution is -2.42. The zero-order valence-corrected chi connectivity index (χ0v) is 20.7. The topological polar surface area (TPSA) is 95.6 Å². The van der Waals surface area contributed by atoms with Crippen LogP contribution in [0.3, 0.4) is 0 Å². The number of aryl methyl sites for hydroxylation is 1. The van der Waals surface area contributed by atoms with Crippen molar-refractivity contribution in [1.29, 1.82) is 0 Å². The number of anilines is 1. The Morgan fingerprint density at radius 1 is 1.00 bits per heavy atom. The van der Waals surface area contributed by atoms with Crippen LogP contribution in [0.15, 0.2) is 47.4 Å². The highest BCUT2D eigenvalue weighted by Crippen LogP contribution is 2.25. The first kappa shape index (κ1) is 24.9. The Bertz CT molecular complexity index is 1130. The highest BCUT2D eigenvalue weighted by Gasteiger charge is 2.26. The summed E-state index contributed by atoms with van der Waals surface area (Å²) in [5.41, 5.74) is 2.08. The number of carbonyl (C=O) groups excluding carboxylic acids is 2. The summed E-state index contributed by atoms with van der Waals surface area (Å²) in [6, 6.07) is 10.9. The zero-order chi connectivity index (χ0) is 24.3. The van der Waals surface area contributed by atoms with Crippen LogP contribution >= 0.6 is 0 Å². The number of likely N-dealkylation sites (tertiary alicyclic amines) is 1. The molecule has 0 radical (unpaired) electrons. The fourth-order valence-corrected chi connectivity index (χ4v) is 5.57. The molecular weight excluding hydrogens is 438 g/mol. The minimum absolute atomic E-state index is 0.0258. The second-order valence-electron chi connectivity index (χ2n) is 9.44. The molecule has 2 unspecified atom stereocenters. The molecule has 0 aromatic heterocycles. The average Bonchev–Trinajstić information content (AvgIpc) is 2.73. The van der Waals surface area contributed by atoms with Crippen LogP contribution in [0.25, 0.3) is 0 Å². The zero-order valence-electron chi connectivity index (χ0n) is 19.9. The third-order valence-electron chi connectivity index (χ3n) is 5.69. The van der Waals surface area contributed by atoms with Gasteiger partial charge in [0.15, 0.2) is 0 Å². The fourth-order valence-electron chi connectivity index (χ4n) is 4.28. The minimum atomic E-state index is -3.72. The van der Waals surface area contributed by atoms with Gasteiger partial charge in [-0.15, -0.1) is 0 Å². The number of nitrogens with zero attached hydrogens (tertiary/aromatic N) is 1. The monoisotopic (exact) mass is 471 g/mol. The maximum Gasteiger partial charge on any atom is 0.255 e. The van der Waals surface area contributed by atoms with Gasteiger partial charge in [-0.2, -0.15) is 0 Å². The van der Waals surface area contributed by atoms with E-state index in [2.05, 4.69) is 23.9 Å². The maximum absolute atomic E-state index is 13.1. The molecule has 2 atom stereocenters. The van der Waals surface area contributed by atoms with Gasteiger partial charge >= 0.3 is 0 Å². The van der Waals surface area contributed by atoms with E-state index in [1.807, 2.05) is 17.9 Å². The molecule has 8 heteroatoms. The van der Waals surface area contributed by atoms with E-state index in [4.69, 9.17) is 0 Å². The standard InChI is InChI=1S/C25H33N3O4S/c1-16(2)27-33(31,32)22-8-6-7-20(12-22)24(29)26-23-13-21(10-9-19(23)5)25(30)28-14-17(3)11-18(4)15-28/h6-10,12-13,16-18,27H,11,14-15H2,1-5H3,(H,26,29). The van der Waals surface area contributed by atoms with Gasteiger partial charge in [0.05, 0.1) is 4.90 Å². The molecule has 0 saturated carbocycles. The molecule has 0 bridgehead atoms. The number of hydrogen-bond donors (Lipinski definition) is 2. The van der Waals surface area contributed by atoms with E-state index in [-0.39, 0.29) is 22.4 Å². The molecule has 2 aromatic carbocycles. The number of sulfonamides is 1. The Morgan fingerprint density at radius 3 is 2.30 bits per heavy atom. The van der Waals surface area contributed by atoms with Gasteiger partial charge in [-0.05, 0) is 74.9 Å². The van der Waals surface area contributed by atoms with Crippen molar-refractivity contribution in [2.45, 2.75) is 52.0 Å². The van der Waals surface area contributed by atoms with Crippen molar-refractivity contribution in [3.05, 3.63) is 59.2 Å². The van der Waals surface area contributed by atoms with Crippen molar-refractivity contribution < 1.29 is 18.0 Å². The largest absolute Gasteiger partial charge is 0.338 e. The van der Waals surface area contributed by atoms with E-state index < -0.39 is 15.9 Å². The summed E-state index contributed by atoms with van der Waals surface area (Å²) in [6.45, 7) is 11.1. The third-order valence-corrected chi connectivity index (χ3v) is 7.34. The summed E-state index contributed by atoms with van der Waals surface area (Å²) in [5, 5.41) is 2.84. The second-order valence-corrected chi connectivity index (χ2v) is 11.2. The third kappa shape index (κ3) is 6.21. The van der Waals surface area contributed by atoms with E-state index in [0.717, 1.165) is 25.1 Å². The molecule has 33 heavy (non-hydrogen) atoms. The SMILES string of the molecule is Cc1ccc(C(=O)N2CC(C)CC(C)C2)cc1NC(=O)c1cccc(S(=O)(=O)NC(C)C)c1. The summed E-state index contributed by atoms with van der Waals surface area (Å²) >= 11 is 0. The fraction of sp³-hybridized carbons (Fsp3) is 0.440. The molecule has 1 heterocycles. The van der Waals surface area contributed by atoms with Crippen LogP contribution in [0, 0.1) is 18.8 Å². The van der Waals surface area contributed by atoms with Crippen molar-refractivity contribution in [1.82, 2.24) is 9.62 Å². The van der Waals surface area contributed by atoms with Crippen LogP contribution in [0.4, 0.5) is 5.69 Å². The number of carbonyl (C=O) groups is 2. The predicted octanol–water partition coefficient (Wildman–Crippen LogP) is 4.05. The van der Waals surface area contributed by atoms with Gasteiger partial charge in [0.25, 0.3) is 11.8 Å². The Labute approximate surface area is 196 Å². The van der Waals surface area contributed by atoms with Crippen molar-refractivity contribution in [2.24, 2.45) is 11.8 Å². The van der Waals surface area contributed by atoms with Crippen molar-refractivity contribution in [3.8, 4) is 0 Å². The summed E-state index contributed by atoms with van der Waals surface area (Å²) in [4.78, 5) is 27.9. The molecule has 1 aliphatic heterocycles. The molecule has 3 rings (SSSR count). The summed E-state index contributed by atoms with van der Waals surface area (Å²) < 4.78 is 27.4. The average molecular weight is 472 g/mol. The van der Waals surface area contributed by atoms with E-state index in [1.54, 1.807) is 32.0 Å². The van der Waals surface area contributed by atoms with Gasteiger partial charge in [0, 0.05) is 35.9 Å². The molecule has 2 aromatic rings. The normalized spacial score (nSPS) is 18.9. The first-order valence-corrected chi connectivity index (χ1v) is 12.8. The van der Waals surface area contributed by atoms with Crippen LogP contribution in [0.5, 0.6) is 0 Å². The summed E-state index contributed by atoms with van der Waals surface area (Å²) in [6.07, 6.45) is 1.11. The molecule has 2 amide bonds. The number of piperidine rings is 1. The number of benzene rings is 2. The highest BCUT2D eigenvalue weighted by atomic mass is 32.2. The van der Waals surface area contributed by atoms with Gasteiger partial charge in [0.2, 0.25) is 10.0 Å². The van der Waals surface area contributed by atoms with E-state index in [9.17, 15) is 18.0 Å². The number of hydrogen-bond acceptors (Lipinski definition) is 4. The second kappa shape index (κ2) is 10.1. The van der Waals surface area contributed by atoms with Crippen LogP contribution < -0.4 is 10.0 Å². The molecule has 178 valence electrons. The van der Waals surface area contributed by atoms with E-state index in [0.29, 0.717) is 23.1 Å². The Morgan fingerprint density at radius 2 is 1.67 bits per heavy atom. The molecular formula is C25H33N3O4S. The van der Waals surface area contributed by atoms with Crippen LogP contribution in [0.2, 0.25) is 0 Å². The molecule has 1 saturated heterocycles. The molecule has 2 N–H and O–H groups in total. The van der Waals surface area contributed by atoms with Crippen LogP contribution in [-0.4, -0.2) is 44.3 Å². The van der Waals surface area contributed by atoms with Crippen LogP contribution in [-0.2, 0) is 10.0 Å². The smallest absolute Gasteiger partial charge is 0.255 e. The molecule has 0 spiro atoms. The van der Waals surface area contributed by atoms with Crippen molar-refractivity contribution >= 4 is 27.5 Å². The minimum Gasteiger partial charge on any atom is -0.338 e. The first-order valence-electron chi connectivity index (χ1n) is 11.3. The van der Waals surface area contributed by atoms with Crippen LogP contribution in [0.1, 0.15) is 60.4 Å². The lowest BCUT2D eigenvalue weighted by Gasteiger charge is -2.35. The van der Waals surface area contributed by atoms with Gasteiger partial charge < -0.3 is 10.2 Å². The lowest BCUT2D eigenvalue weighted by atomic mass is 9.91. The molecule has 7 nitrogen and oxygen atoms in total. The number of rotatable bonds is 6. The Balaban J connectivity index is 1.81. The van der Waals surface area contributed by atoms with Crippen molar-refractivity contribution in [2.75, 3.05) is 18.4 Å². The lowest BCUT2D eigenvalue weighted by molar-refractivity contribution is 0.0623. The summed E-state index contributed by atoms with van der Waals surface area (Å²) in [7, 11) is -3.72. The van der Waals surface area contributed by atoms with Gasteiger partial charge in [-0.3, -0.25) is 9.59 Å². The van der Waals surface area contributed by atoms with Gasteiger partial charge in [-0.25, -0.2) is 13.1 Å². The van der Waals surface area contributed by atoms with Gasteiger partial charge in [-0.1, -0.05) is 26.0 Å². The number of amides is 2. The number of nitrogens with one attached hydrogen (secondary N) is 2. The molecule has 0 aliphatic carbocycles. The molecule has 1 fully saturated rings. The summed E-state index contributed by atoms with van der Waals surface area (Å²) in [5.74, 6) is 0.424.